The third kappa shape index (κ3) is 3.47. The Morgan fingerprint density at radius 1 is 1.29 bits per heavy atom. The molecule has 0 saturated heterocycles. The molecule has 2 rings (SSSR count). The van der Waals surface area contributed by atoms with Gasteiger partial charge in [-0.1, -0.05) is 16.8 Å². The van der Waals surface area contributed by atoms with E-state index in [-0.39, 0.29) is 17.0 Å². The molecule has 0 fully saturated rings. The highest BCUT2D eigenvalue weighted by Crippen LogP contribution is 2.33. The largest absolute Gasteiger partial charge is 0.416 e. The van der Waals surface area contributed by atoms with Gasteiger partial charge in [0.05, 0.1) is 17.3 Å². The van der Waals surface area contributed by atoms with Crippen LogP contribution in [0.2, 0.25) is 5.15 Å². The number of nitrogens with one attached hydrogen (secondary N) is 1. The first-order chi connectivity index (χ1) is 9.68. The molecule has 21 heavy (non-hydrogen) atoms. The Balaban J connectivity index is 2.30. The summed E-state index contributed by atoms with van der Waals surface area (Å²) in [6, 6.07) is 1.39. The minimum absolute atomic E-state index is 0.0438. The van der Waals surface area contributed by atoms with Gasteiger partial charge in [-0.15, -0.1) is 0 Å². The first kappa shape index (κ1) is 15.6. The average molecular weight is 320 g/mol. The zero-order valence-electron chi connectivity index (χ0n) is 11.5. The van der Waals surface area contributed by atoms with Crippen molar-refractivity contribution in [1.82, 2.24) is 10.1 Å². The quantitative estimate of drug-likeness (QED) is 0.844. The summed E-state index contributed by atoms with van der Waals surface area (Å²) in [6.07, 6.45) is -4.48. The van der Waals surface area contributed by atoms with Gasteiger partial charge in [0.25, 0.3) is 0 Å². The predicted octanol–water partition coefficient (Wildman–Crippen LogP) is 4.53. The first-order valence-corrected chi connectivity index (χ1v) is 6.50. The molecule has 1 atom stereocenters. The highest BCUT2D eigenvalue weighted by atomic mass is 35.5. The number of nitrogens with zero attached hydrogens (tertiary/aromatic N) is 2. The third-order valence-electron chi connectivity index (χ3n) is 3.01. The molecule has 1 N–H and O–H groups in total. The maximum Gasteiger partial charge on any atom is 0.416 e. The number of rotatable bonds is 3. The van der Waals surface area contributed by atoms with Crippen molar-refractivity contribution in [2.75, 3.05) is 5.32 Å². The molecule has 114 valence electrons. The molecule has 0 aromatic carbocycles. The van der Waals surface area contributed by atoms with Crippen molar-refractivity contribution in [2.24, 2.45) is 0 Å². The van der Waals surface area contributed by atoms with Crippen LogP contribution in [-0.2, 0) is 6.18 Å². The van der Waals surface area contributed by atoms with Crippen LogP contribution in [0.1, 0.15) is 35.5 Å². The SMILES string of the molecule is Cc1noc(C)c1C(C)Nc1cc(C(F)(F)F)cc(Cl)n1. The summed E-state index contributed by atoms with van der Waals surface area (Å²) in [5.41, 5.74) is 0.604. The van der Waals surface area contributed by atoms with Crippen LogP contribution in [0.4, 0.5) is 19.0 Å². The Kier molecular flexibility index (Phi) is 4.13. The number of alkyl halides is 3. The van der Waals surface area contributed by atoms with E-state index in [0.717, 1.165) is 17.7 Å². The second-order valence-electron chi connectivity index (χ2n) is 4.67. The number of halogens is 4. The molecule has 0 aliphatic rings. The lowest BCUT2D eigenvalue weighted by Crippen LogP contribution is -2.12. The lowest BCUT2D eigenvalue weighted by Gasteiger charge is -2.16. The van der Waals surface area contributed by atoms with Gasteiger partial charge in [-0.2, -0.15) is 13.2 Å². The van der Waals surface area contributed by atoms with Crippen molar-refractivity contribution in [1.29, 1.82) is 0 Å². The normalized spacial score (nSPS) is 13.3. The van der Waals surface area contributed by atoms with Crippen LogP contribution in [0.15, 0.2) is 16.7 Å². The van der Waals surface area contributed by atoms with Gasteiger partial charge in [0, 0.05) is 5.56 Å². The van der Waals surface area contributed by atoms with E-state index in [1.165, 1.54) is 0 Å². The van der Waals surface area contributed by atoms with Gasteiger partial charge in [0.2, 0.25) is 0 Å². The van der Waals surface area contributed by atoms with Crippen molar-refractivity contribution >= 4 is 17.4 Å². The second-order valence-corrected chi connectivity index (χ2v) is 5.05. The molecule has 0 amide bonds. The summed E-state index contributed by atoms with van der Waals surface area (Å²) in [6.45, 7) is 5.28. The summed E-state index contributed by atoms with van der Waals surface area (Å²) in [5.74, 6) is 0.646. The fourth-order valence-electron chi connectivity index (χ4n) is 2.14. The molecule has 2 aromatic heterocycles. The molecular formula is C13H13ClF3N3O. The Labute approximate surface area is 124 Å². The topological polar surface area (TPSA) is 51.0 Å². The highest BCUT2D eigenvalue weighted by Gasteiger charge is 2.31. The number of hydrogen-bond donors (Lipinski definition) is 1. The number of aromatic nitrogens is 2. The van der Waals surface area contributed by atoms with Gasteiger partial charge in [-0.3, -0.25) is 0 Å². The Bertz CT molecular complexity index is 635. The second kappa shape index (κ2) is 5.55. The molecule has 0 aliphatic carbocycles. The fourth-order valence-corrected chi connectivity index (χ4v) is 2.35. The van der Waals surface area contributed by atoms with E-state index in [2.05, 4.69) is 15.5 Å². The van der Waals surface area contributed by atoms with Crippen LogP contribution < -0.4 is 5.32 Å². The van der Waals surface area contributed by atoms with Gasteiger partial charge >= 0.3 is 6.18 Å². The van der Waals surface area contributed by atoms with Gasteiger partial charge in [0.1, 0.15) is 16.7 Å². The van der Waals surface area contributed by atoms with Gasteiger partial charge in [-0.05, 0) is 32.9 Å². The van der Waals surface area contributed by atoms with Crippen molar-refractivity contribution in [3.05, 3.63) is 39.9 Å². The molecule has 8 heteroatoms. The van der Waals surface area contributed by atoms with E-state index in [4.69, 9.17) is 16.1 Å². The van der Waals surface area contributed by atoms with Crippen LogP contribution in [0.25, 0.3) is 0 Å². The molecular weight excluding hydrogens is 307 g/mol. The molecule has 0 aliphatic heterocycles. The molecule has 2 heterocycles. The maximum absolute atomic E-state index is 12.7. The molecule has 1 unspecified atom stereocenters. The molecule has 0 bridgehead atoms. The number of anilines is 1. The molecule has 0 saturated carbocycles. The summed E-state index contributed by atoms with van der Waals surface area (Å²) in [7, 11) is 0. The van der Waals surface area contributed by atoms with Crippen LogP contribution >= 0.6 is 11.6 Å². The zero-order valence-corrected chi connectivity index (χ0v) is 12.3. The Morgan fingerprint density at radius 3 is 2.48 bits per heavy atom. The lowest BCUT2D eigenvalue weighted by molar-refractivity contribution is -0.137. The number of hydrogen-bond acceptors (Lipinski definition) is 4. The number of aryl methyl sites for hydroxylation is 2. The van der Waals surface area contributed by atoms with E-state index in [1.807, 2.05) is 0 Å². The third-order valence-corrected chi connectivity index (χ3v) is 3.20. The minimum Gasteiger partial charge on any atom is -0.363 e. The van der Waals surface area contributed by atoms with Crippen molar-refractivity contribution in [2.45, 2.75) is 33.0 Å². The lowest BCUT2D eigenvalue weighted by atomic mass is 10.1. The highest BCUT2D eigenvalue weighted by molar-refractivity contribution is 6.29. The summed E-state index contributed by atoms with van der Waals surface area (Å²) in [5, 5.41) is 6.47. The molecule has 0 radical (unpaired) electrons. The van der Waals surface area contributed by atoms with Crippen LogP contribution in [-0.4, -0.2) is 10.1 Å². The van der Waals surface area contributed by atoms with Crippen molar-refractivity contribution in [3.63, 3.8) is 0 Å². The van der Waals surface area contributed by atoms with E-state index >= 15 is 0 Å². The average Bonchev–Trinajstić information content (AvgIpc) is 2.67. The molecule has 0 spiro atoms. The van der Waals surface area contributed by atoms with Crippen molar-refractivity contribution in [3.8, 4) is 0 Å². The zero-order chi connectivity index (χ0) is 15.8. The standard InChI is InChI=1S/C13H13ClF3N3O/c1-6(12-7(2)20-21-8(12)3)18-11-5-9(13(15,16)17)4-10(14)19-11/h4-6H,1-3H3,(H,18,19). The van der Waals surface area contributed by atoms with E-state index in [1.54, 1.807) is 20.8 Å². The molecule has 2 aromatic rings. The van der Waals surface area contributed by atoms with E-state index in [0.29, 0.717) is 11.5 Å². The fraction of sp³-hybridized carbons (Fsp3) is 0.385. The Morgan fingerprint density at radius 2 is 1.95 bits per heavy atom. The van der Waals surface area contributed by atoms with Crippen molar-refractivity contribution < 1.29 is 17.7 Å². The van der Waals surface area contributed by atoms with Gasteiger partial charge < -0.3 is 9.84 Å². The van der Waals surface area contributed by atoms with Crippen LogP contribution in [0.3, 0.4) is 0 Å². The molecule has 4 nitrogen and oxygen atoms in total. The van der Waals surface area contributed by atoms with E-state index < -0.39 is 11.7 Å². The predicted molar refractivity (Wildman–Crippen MR) is 72.3 cm³/mol. The summed E-state index contributed by atoms with van der Waals surface area (Å²) < 4.78 is 43.3. The monoisotopic (exact) mass is 319 g/mol. The van der Waals surface area contributed by atoms with Crippen LogP contribution in [0.5, 0.6) is 0 Å². The maximum atomic E-state index is 12.7. The summed E-state index contributed by atoms with van der Waals surface area (Å²) in [4.78, 5) is 3.86. The Hall–Kier alpha value is -1.76. The van der Waals surface area contributed by atoms with Crippen LogP contribution in [0, 0.1) is 13.8 Å². The van der Waals surface area contributed by atoms with Gasteiger partial charge in [0.15, 0.2) is 0 Å². The smallest absolute Gasteiger partial charge is 0.363 e. The van der Waals surface area contributed by atoms with E-state index in [9.17, 15) is 13.2 Å². The first-order valence-electron chi connectivity index (χ1n) is 6.12. The number of pyridine rings is 1. The minimum atomic E-state index is -4.48. The summed E-state index contributed by atoms with van der Waals surface area (Å²) >= 11 is 5.64. The van der Waals surface area contributed by atoms with Gasteiger partial charge in [-0.25, -0.2) is 4.98 Å².